The lowest BCUT2D eigenvalue weighted by molar-refractivity contribution is -0.138. The van der Waals surface area contributed by atoms with Crippen LogP contribution in [0.5, 0.6) is 0 Å². The van der Waals surface area contributed by atoms with Gasteiger partial charge in [-0.15, -0.1) is 0 Å². The number of Topliss-reactive ketones (excluding diaryl/α,β-unsaturated/α-hetero) is 1. The molecule has 0 fully saturated rings. The normalized spacial score (nSPS) is 20.6. The monoisotopic (exact) mass is 329 g/mol. The Labute approximate surface area is 140 Å². The highest BCUT2D eigenvalue weighted by atomic mass is 19.1. The van der Waals surface area contributed by atoms with Crippen LogP contribution in [0.15, 0.2) is 46.8 Å². The number of dihydropyridines is 1. The van der Waals surface area contributed by atoms with Gasteiger partial charge in [-0.1, -0.05) is 12.1 Å². The van der Waals surface area contributed by atoms with Crippen LogP contribution >= 0.6 is 0 Å². The molecule has 0 saturated heterocycles. The number of ether oxygens (including phenoxy) is 1. The zero-order valence-electron chi connectivity index (χ0n) is 13.8. The third-order valence-corrected chi connectivity index (χ3v) is 4.47. The van der Waals surface area contributed by atoms with Gasteiger partial charge in [-0.2, -0.15) is 0 Å². The Kier molecular flexibility index (Phi) is 4.51. The molecule has 1 aliphatic heterocycles. The predicted octanol–water partition coefficient (Wildman–Crippen LogP) is 3.36. The highest BCUT2D eigenvalue weighted by Crippen LogP contribution is 2.42. The van der Waals surface area contributed by atoms with E-state index >= 15 is 0 Å². The second-order valence-corrected chi connectivity index (χ2v) is 6.04. The Balaban J connectivity index is 2.15. The molecule has 0 saturated carbocycles. The molecular formula is C19H20FNO3. The van der Waals surface area contributed by atoms with E-state index in [4.69, 9.17) is 4.74 Å². The molecule has 1 aliphatic carbocycles. The summed E-state index contributed by atoms with van der Waals surface area (Å²) < 4.78 is 18.5. The van der Waals surface area contributed by atoms with E-state index in [0.29, 0.717) is 23.3 Å². The average Bonchev–Trinajstić information content (AvgIpc) is 2.55. The summed E-state index contributed by atoms with van der Waals surface area (Å²) in [7, 11) is 0. The number of esters is 1. The summed E-state index contributed by atoms with van der Waals surface area (Å²) in [6.07, 6.45) is 2.03. The lowest BCUT2D eigenvalue weighted by atomic mass is 9.75. The van der Waals surface area contributed by atoms with Crippen molar-refractivity contribution in [3.63, 3.8) is 0 Å². The standard InChI is InChI=1S/C19H20FNO3/c1-3-24-19(23)16-11(2)21-14-5-4-6-15(22)18(14)17(16)12-7-9-13(20)10-8-12/h7-10,17,21H,3-6H2,1-2H3/t17-/m0/s1. The van der Waals surface area contributed by atoms with E-state index in [1.165, 1.54) is 12.1 Å². The molecule has 3 rings (SSSR count). The first-order valence-corrected chi connectivity index (χ1v) is 8.19. The zero-order valence-corrected chi connectivity index (χ0v) is 13.8. The van der Waals surface area contributed by atoms with Gasteiger partial charge in [-0.3, -0.25) is 4.79 Å². The van der Waals surface area contributed by atoms with Gasteiger partial charge >= 0.3 is 5.97 Å². The highest BCUT2D eigenvalue weighted by Gasteiger charge is 2.38. The van der Waals surface area contributed by atoms with E-state index in [1.807, 2.05) is 6.92 Å². The number of rotatable bonds is 3. The maximum absolute atomic E-state index is 13.3. The van der Waals surface area contributed by atoms with Crippen molar-refractivity contribution in [1.29, 1.82) is 0 Å². The van der Waals surface area contributed by atoms with E-state index in [0.717, 1.165) is 24.1 Å². The maximum Gasteiger partial charge on any atom is 0.336 e. The van der Waals surface area contributed by atoms with Gasteiger partial charge in [0.25, 0.3) is 0 Å². The molecule has 0 bridgehead atoms. The van der Waals surface area contributed by atoms with Gasteiger partial charge in [0.15, 0.2) is 5.78 Å². The molecular weight excluding hydrogens is 309 g/mol. The van der Waals surface area contributed by atoms with E-state index in [2.05, 4.69) is 5.32 Å². The van der Waals surface area contributed by atoms with Gasteiger partial charge in [-0.05, 0) is 44.4 Å². The fourth-order valence-corrected chi connectivity index (χ4v) is 3.45. The Morgan fingerprint density at radius 2 is 2.00 bits per heavy atom. The molecule has 126 valence electrons. The average molecular weight is 329 g/mol. The van der Waals surface area contributed by atoms with Crippen LogP contribution in [0.1, 0.15) is 44.6 Å². The Morgan fingerprint density at radius 1 is 1.29 bits per heavy atom. The van der Waals surface area contributed by atoms with Gasteiger partial charge in [-0.25, -0.2) is 9.18 Å². The second-order valence-electron chi connectivity index (χ2n) is 6.04. The Bertz CT molecular complexity index is 746. The minimum Gasteiger partial charge on any atom is -0.463 e. The number of hydrogen-bond donors (Lipinski definition) is 1. The summed E-state index contributed by atoms with van der Waals surface area (Å²) >= 11 is 0. The maximum atomic E-state index is 13.3. The molecule has 1 aromatic rings. The van der Waals surface area contributed by atoms with Crippen molar-refractivity contribution in [3.05, 3.63) is 58.2 Å². The molecule has 1 atom stereocenters. The smallest absolute Gasteiger partial charge is 0.336 e. The molecule has 1 aromatic carbocycles. The third-order valence-electron chi connectivity index (χ3n) is 4.47. The number of hydrogen-bond acceptors (Lipinski definition) is 4. The van der Waals surface area contributed by atoms with Gasteiger partial charge in [0, 0.05) is 29.3 Å². The number of nitrogens with one attached hydrogen (secondary N) is 1. The Hall–Kier alpha value is -2.43. The number of allylic oxidation sites excluding steroid dienone is 3. The van der Waals surface area contributed by atoms with Crippen LogP contribution in [0.3, 0.4) is 0 Å². The predicted molar refractivity (Wildman–Crippen MR) is 87.5 cm³/mol. The van der Waals surface area contributed by atoms with Crippen LogP contribution in [-0.2, 0) is 14.3 Å². The van der Waals surface area contributed by atoms with Crippen LogP contribution in [0.4, 0.5) is 4.39 Å². The number of halogens is 1. The number of benzene rings is 1. The van der Waals surface area contributed by atoms with Crippen molar-refractivity contribution >= 4 is 11.8 Å². The number of carbonyl (C=O) groups is 2. The molecule has 24 heavy (non-hydrogen) atoms. The van der Waals surface area contributed by atoms with Crippen molar-refractivity contribution in [2.24, 2.45) is 0 Å². The Morgan fingerprint density at radius 3 is 2.67 bits per heavy atom. The number of carbonyl (C=O) groups excluding carboxylic acids is 2. The first-order valence-electron chi connectivity index (χ1n) is 8.19. The molecule has 0 unspecified atom stereocenters. The third kappa shape index (κ3) is 2.86. The van der Waals surface area contributed by atoms with Crippen molar-refractivity contribution in [1.82, 2.24) is 5.32 Å². The first-order chi connectivity index (χ1) is 11.5. The van der Waals surface area contributed by atoms with Crippen molar-refractivity contribution < 1.29 is 18.7 Å². The minimum absolute atomic E-state index is 0.0346. The second kappa shape index (κ2) is 6.59. The van der Waals surface area contributed by atoms with Crippen LogP contribution in [0.25, 0.3) is 0 Å². The van der Waals surface area contributed by atoms with Gasteiger partial charge in [0.2, 0.25) is 0 Å². The largest absolute Gasteiger partial charge is 0.463 e. The summed E-state index contributed by atoms with van der Waals surface area (Å²) in [4.78, 5) is 25.1. The summed E-state index contributed by atoms with van der Waals surface area (Å²) in [6, 6.07) is 5.96. The van der Waals surface area contributed by atoms with E-state index < -0.39 is 11.9 Å². The fraction of sp³-hybridized carbons (Fsp3) is 0.368. The molecule has 5 heteroatoms. The molecule has 0 aromatic heterocycles. The minimum atomic E-state index is -0.506. The SMILES string of the molecule is CCOC(=O)C1=C(C)NC2=C(C(=O)CCC2)[C@H]1c1ccc(F)cc1. The molecule has 1 heterocycles. The fourth-order valence-electron chi connectivity index (χ4n) is 3.45. The van der Waals surface area contributed by atoms with Crippen LogP contribution in [0.2, 0.25) is 0 Å². The quantitative estimate of drug-likeness (QED) is 0.864. The zero-order chi connectivity index (χ0) is 17.3. The van der Waals surface area contributed by atoms with Crippen LogP contribution in [0, 0.1) is 5.82 Å². The summed E-state index contributed by atoms with van der Waals surface area (Å²) in [5.41, 5.74) is 3.32. The molecule has 1 N–H and O–H groups in total. The molecule has 2 aliphatic rings. The van der Waals surface area contributed by atoms with Crippen LogP contribution < -0.4 is 5.32 Å². The molecule has 0 amide bonds. The lowest BCUT2D eigenvalue weighted by Gasteiger charge is -2.34. The molecule has 0 radical (unpaired) electrons. The highest BCUT2D eigenvalue weighted by molar-refractivity contribution is 6.03. The van der Waals surface area contributed by atoms with E-state index in [-0.39, 0.29) is 18.2 Å². The van der Waals surface area contributed by atoms with Gasteiger partial charge < -0.3 is 10.1 Å². The first kappa shape index (κ1) is 16.4. The van der Waals surface area contributed by atoms with Crippen LogP contribution in [-0.4, -0.2) is 18.4 Å². The molecule has 4 nitrogen and oxygen atoms in total. The van der Waals surface area contributed by atoms with E-state index in [1.54, 1.807) is 19.1 Å². The lowest BCUT2D eigenvalue weighted by Crippen LogP contribution is -2.34. The van der Waals surface area contributed by atoms with Gasteiger partial charge in [0.05, 0.1) is 12.2 Å². The van der Waals surface area contributed by atoms with Crippen molar-refractivity contribution in [2.75, 3.05) is 6.61 Å². The van der Waals surface area contributed by atoms with Gasteiger partial charge in [0.1, 0.15) is 5.82 Å². The summed E-state index contributed by atoms with van der Waals surface area (Å²) in [5, 5.41) is 3.21. The summed E-state index contributed by atoms with van der Waals surface area (Å²) in [5.74, 6) is -1.27. The van der Waals surface area contributed by atoms with E-state index in [9.17, 15) is 14.0 Å². The van der Waals surface area contributed by atoms with Crippen molar-refractivity contribution in [2.45, 2.75) is 39.0 Å². The summed E-state index contributed by atoms with van der Waals surface area (Å²) in [6.45, 7) is 3.81. The number of ketones is 1. The van der Waals surface area contributed by atoms with Crippen molar-refractivity contribution in [3.8, 4) is 0 Å². The molecule has 0 spiro atoms. The topological polar surface area (TPSA) is 55.4 Å².